The number of thioether (sulfide) groups is 1. The maximum absolute atomic E-state index is 12.4. The number of carbonyl (C=O) groups is 1. The monoisotopic (exact) mass is 309 g/mol. The Kier molecular flexibility index (Phi) is 6.85. The molecule has 0 spiro atoms. The molecule has 0 aromatic heterocycles. The van der Waals surface area contributed by atoms with Crippen molar-refractivity contribution >= 4 is 17.7 Å². The molecule has 1 atom stereocenters. The molecule has 0 aliphatic carbocycles. The van der Waals surface area contributed by atoms with Gasteiger partial charge in [-0.05, 0) is 36.7 Å². The summed E-state index contributed by atoms with van der Waals surface area (Å²) < 4.78 is 0. The molecule has 0 radical (unpaired) electrons. The highest BCUT2D eigenvalue weighted by atomic mass is 32.2. The third kappa shape index (κ3) is 4.89. The number of piperazine rings is 1. The van der Waals surface area contributed by atoms with Crippen LogP contribution in [0, 0.1) is 17.2 Å². The minimum atomic E-state index is 0.0302. The van der Waals surface area contributed by atoms with Crippen LogP contribution in [0.5, 0.6) is 0 Å². The van der Waals surface area contributed by atoms with Crippen molar-refractivity contribution < 1.29 is 4.79 Å². The van der Waals surface area contributed by atoms with E-state index in [1.54, 1.807) is 0 Å². The highest BCUT2D eigenvalue weighted by Gasteiger charge is 2.27. The molecular formula is C16H27N3OS. The molecule has 2 heterocycles. The van der Waals surface area contributed by atoms with Gasteiger partial charge < -0.3 is 4.90 Å². The Morgan fingerprint density at radius 2 is 1.95 bits per heavy atom. The molecule has 0 N–H and O–H groups in total. The predicted molar refractivity (Wildman–Crippen MR) is 87.1 cm³/mol. The smallest absolute Gasteiger partial charge is 0.222 e. The van der Waals surface area contributed by atoms with E-state index in [1.807, 2.05) is 16.7 Å². The lowest BCUT2D eigenvalue weighted by Gasteiger charge is -2.37. The summed E-state index contributed by atoms with van der Waals surface area (Å²) in [4.78, 5) is 16.6. The summed E-state index contributed by atoms with van der Waals surface area (Å²) in [6.07, 6.45) is 5.10. The maximum atomic E-state index is 12.4. The van der Waals surface area contributed by atoms with Gasteiger partial charge >= 0.3 is 0 Å². The van der Waals surface area contributed by atoms with Gasteiger partial charge in [0, 0.05) is 32.6 Å². The summed E-state index contributed by atoms with van der Waals surface area (Å²) in [6.45, 7) is 5.41. The molecule has 2 saturated heterocycles. The molecule has 0 aromatic rings. The molecule has 2 fully saturated rings. The SMILES string of the molecule is CCCC(C#N)N1CCN(C(=O)CC2CCSCC2)CC1. The van der Waals surface area contributed by atoms with E-state index in [2.05, 4.69) is 17.9 Å². The molecule has 1 unspecified atom stereocenters. The number of amides is 1. The third-order valence-electron chi connectivity index (χ3n) is 4.62. The van der Waals surface area contributed by atoms with Crippen LogP contribution in [0.1, 0.15) is 39.0 Å². The molecule has 118 valence electrons. The van der Waals surface area contributed by atoms with Gasteiger partial charge in [-0.25, -0.2) is 0 Å². The summed E-state index contributed by atoms with van der Waals surface area (Å²) in [5.74, 6) is 3.36. The van der Waals surface area contributed by atoms with Gasteiger partial charge in [-0.1, -0.05) is 13.3 Å². The lowest BCUT2D eigenvalue weighted by Crippen LogP contribution is -2.51. The van der Waals surface area contributed by atoms with Gasteiger partial charge in [0.2, 0.25) is 5.91 Å². The largest absolute Gasteiger partial charge is 0.340 e. The number of hydrogen-bond acceptors (Lipinski definition) is 4. The van der Waals surface area contributed by atoms with Gasteiger partial charge in [-0.2, -0.15) is 17.0 Å². The summed E-state index contributed by atoms with van der Waals surface area (Å²) in [5, 5.41) is 9.23. The first-order valence-corrected chi connectivity index (χ1v) is 9.39. The van der Waals surface area contributed by atoms with Crippen LogP contribution in [0.15, 0.2) is 0 Å². The van der Waals surface area contributed by atoms with Crippen LogP contribution in [-0.4, -0.2) is 59.4 Å². The molecule has 2 aliphatic heterocycles. The van der Waals surface area contributed by atoms with Gasteiger partial charge in [0.1, 0.15) is 0 Å². The lowest BCUT2D eigenvalue weighted by atomic mass is 9.98. The molecule has 1 amide bonds. The summed E-state index contributed by atoms with van der Waals surface area (Å²) in [5.41, 5.74) is 0. The summed E-state index contributed by atoms with van der Waals surface area (Å²) in [7, 11) is 0. The van der Waals surface area contributed by atoms with Gasteiger partial charge in [0.05, 0.1) is 12.1 Å². The summed E-state index contributed by atoms with van der Waals surface area (Å²) in [6, 6.07) is 2.43. The minimum absolute atomic E-state index is 0.0302. The van der Waals surface area contributed by atoms with E-state index in [4.69, 9.17) is 0 Å². The van der Waals surface area contributed by atoms with Crippen molar-refractivity contribution in [3.8, 4) is 6.07 Å². The van der Waals surface area contributed by atoms with E-state index in [0.29, 0.717) is 11.8 Å². The second-order valence-electron chi connectivity index (χ2n) is 6.11. The zero-order chi connectivity index (χ0) is 15.1. The van der Waals surface area contributed by atoms with Crippen molar-refractivity contribution in [1.82, 2.24) is 9.80 Å². The van der Waals surface area contributed by atoms with Crippen molar-refractivity contribution in [3.63, 3.8) is 0 Å². The van der Waals surface area contributed by atoms with Crippen molar-refractivity contribution in [2.75, 3.05) is 37.7 Å². The second kappa shape index (κ2) is 8.65. The Bertz CT molecular complexity index is 368. The molecule has 2 aliphatic rings. The molecule has 0 saturated carbocycles. The normalized spacial score (nSPS) is 22.8. The Labute approximate surface area is 132 Å². The van der Waals surface area contributed by atoms with Crippen molar-refractivity contribution in [1.29, 1.82) is 5.26 Å². The number of nitrogens with zero attached hydrogens (tertiary/aromatic N) is 3. The van der Waals surface area contributed by atoms with Crippen LogP contribution in [0.2, 0.25) is 0 Å². The predicted octanol–water partition coefficient (Wildman–Crippen LogP) is 2.36. The summed E-state index contributed by atoms with van der Waals surface area (Å²) >= 11 is 2.01. The highest BCUT2D eigenvalue weighted by Crippen LogP contribution is 2.26. The third-order valence-corrected chi connectivity index (χ3v) is 5.67. The van der Waals surface area contributed by atoms with Crippen LogP contribution in [0.4, 0.5) is 0 Å². The van der Waals surface area contributed by atoms with E-state index in [0.717, 1.165) is 45.4 Å². The Morgan fingerprint density at radius 3 is 2.52 bits per heavy atom. The molecule has 4 nitrogen and oxygen atoms in total. The fraction of sp³-hybridized carbons (Fsp3) is 0.875. The topological polar surface area (TPSA) is 47.3 Å². The van der Waals surface area contributed by atoms with E-state index in [-0.39, 0.29) is 6.04 Å². The maximum Gasteiger partial charge on any atom is 0.222 e. The fourth-order valence-corrected chi connectivity index (χ4v) is 4.42. The first-order valence-electron chi connectivity index (χ1n) is 8.23. The van der Waals surface area contributed by atoms with Crippen LogP contribution in [0.3, 0.4) is 0 Å². The molecule has 0 bridgehead atoms. The van der Waals surface area contributed by atoms with Crippen LogP contribution in [0.25, 0.3) is 0 Å². The fourth-order valence-electron chi connectivity index (χ4n) is 3.21. The van der Waals surface area contributed by atoms with Crippen LogP contribution in [-0.2, 0) is 4.79 Å². The Balaban J connectivity index is 1.75. The van der Waals surface area contributed by atoms with Gasteiger partial charge in [-0.3, -0.25) is 9.69 Å². The average molecular weight is 309 g/mol. The molecular weight excluding hydrogens is 282 g/mol. The van der Waals surface area contributed by atoms with Gasteiger partial charge in [-0.15, -0.1) is 0 Å². The standard InChI is InChI=1S/C16H27N3OS/c1-2-3-15(13-17)18-6-8-19(9-7-18)16(20)12-14-4-10-21-11-5-14/h14-15H,2-12H2,1H3. The van der Waals surface area contributed by atoms with Crippen molar-refractivity contribution in [3.05, 3.63) is 0 Å². The number of rotatable bonds is 5. The van der Waals surface area contributed by atoms with E-state index < -0.39 is 0 Å². The first-order chi connectivity index (χ1) is 10.2. The zero-order valence-corrected chi connectivity index (χ0v) is 13.9. The van der Waals surface area contributed by atoms with Crippen molar-refractivity contribution in [2.24, 2.45) is 5.92 Å². The average Bonchev–Trinajstić information content (AvgIpc) is 2.54. The van der Waals surface area contributed by atoms with Gasteiger partial charge in [0.25, 0.3) is 0 Å². The molecule has 0 aromatic carbocycles. The minimum Gasteiger partial charge on any atom is -0.340 e. The Hall–Kier alpha value is -0.730. The van der Waals surface area contributed by atoms with Crippen molar-refractivity contribution in [2.45, 2.75) is 45.1 Å². The first kappa shape index (κ1) is 16.6. The molecule has 5 heteroatoms. The quantitative estimate of drug-likeness (QED) is 0.782. The Morgan fingerprint density at radius 1 is 1.29 bits per heavy atom. The zero-order valence-electron chi connectivity index (χ0n) is 13.1. The number of carbonyl (C=O) groups excluding carboxylic acids is 1. The van der Waals surface area contributed by atoms with E-state index >= 15 is 0 Å². The van der Waals surface area contributed by atoms with Gasteiger partial charge in [0.15, 0.2) is 0 Å². The van der Waals surface area contributed by atoms with E-state index in [1.165, 1.54) is 24.3 Å². The molecule has 21 heavy (non-hydrogen) atoms. The highest BCUT2D eigenvalue weighted by molar-refractivity contribution is 7.99. The second-order valence-corrected chi connectivity index (χ2v) is 7.33. The molecule has 2 rings (SSSR count). The number of hydrogen-bond donors (Lipinski definition) is 0. The van der Waals surface area contributed by atoms with Crippen LogP contribution < -0.4 is 0 Å². The van der Waals surface area contributed by atoms with E-state index in [9.17, 15) is 10.1 Å². The number of nitriles is 1. The van der Waals surface area contributed by atoms with Crippen LogP contribution >= 0.6 is 11.8 Å². The lowest BCUT2D eigenvalue weighted by molar-refractivity contribution is -0.134.